The summed E-state index contributed by atoms with van der Waals surface area (Å²) in [5.41, 5.74) is 1.33. The third kappa shape index (κ3) is 3.70. The summed E-state index contributed by atoms with van der Waals surface area (Å²) < 4.78 is 0. The molecule has 1 aromatic carbocycles. The van der Waals surface area contributed by atoms with Crippen LogP contribution in [-0.2, 0) is 6.54 Å². The monoisotopic (exact) mass is 252 g/mol. The van der Waals surface area contributed by atoms with Crippen LogP contribution >= 0.6 is 11.6 Å². The van der Waals surface area contributed by atoms with Crippen molar-refractivity contribution in [3.8, 4) is 0 Å². The highest BCUT2D eigenvalue weighted by Crippen LogP contribution is 2.17. The number of hydrogen-bond acceptors (Lipinski definition) is 2. The Hall–Kier alpha value is -0.570. The first-order chi connectivity index (χ1) is 8.15. The quantitative estimate of drug-likeness (QED) is 0.887. The molecule has 1 heterocycles. The lowest BCUT2D eigenvalue weighted by Gasteiger charge is -2.23. The molecule has 0 bridgehead atoms. The molecule has 2 unspecified atom stereocenters. The average Bonchev–Trinajstić information content (AvgIpc) is 2.68. The fourth-order valence-corrected chi connectivity index (χ4v) is 2.65. The van der Waals surface area contributed by atoms with Gasteiger partial charge in [-0.25, -0.2) is 0 Å². The van der Waals surface area contributed by atoms with E-state index in [-0.39, 0.29) is 0 Å². The van der Waals surface area contributed by atoms with Gasteiger partial charge in [-0.2, -0.15) is 0 Å². The molecule has 2 rings (SSSR count). The predicted octanol–water partition coefficient (Wildman–Crippen LogP) is 2.77. The van der Waals surface area contributed by atoms with Crippen molar-refractivity contribution >= 4 is 11.6 Å². The molecular formula is C14H21ClN2. The lowest BCUT2D eigenvalue weighted by atomic mass is 10.0. The highest BCUT2D eigenvalue weighted by atomic mass is 35.5. The molecule has 2 atom stereocenters. The van der Waals surface area contributed by atoms with E-state index in [1.165, 1.54) is 18.5 Å². The van der Waals surface area contributed by atoms with E-state index in [1.54, 1.807) is 0 Å². The summed E-state index contributed by atoms with van der Waals surface area (Å²) in [6.45, 7) is 5.62. The molecule has 1 aliphatic heterocycles. The van der Waals surface area contributed by atoms with Crippen LogP contribution in [0.15, 0.2) is 24.3 Å². The van der Waals surface area contributed by atoms with Crippen LogP contribution in [0.2, 0.25) is 5.02 Å². The second kappa shape index (κ2) is 5.85. The van der Waals surface area contributed by atoms with Crippen LogP contribution in [0.25, 0.3) is 0 Å². The van der Waals surface area contributed by atoms with Crippen LogP contribution in [0.4, 0.5) is 0 Å². The Morgan fingerprint density at radius 2 is 2.06 bits per heavy atom. The SMILES string of the molecule is CC1NCCC1CN(C)Cc1ccc(Cl)cc1. The van der Waals surface area contributed by atoms with Crippen LogP contribution in [-0.4, -0.2) is 31.1 Å². The highest BCUT2D eigenvalue weighted by molar-refractivity contribution is 6.30. The first kappa shape index (κ1) is 12.9. The molecule has 17 heavy (non-hydrogen) atoms. The van der Waals surface area contributed by atoms with Crippen LogP contribution in [0.5, 0.6) is 0 Å². The smallest absolute Gasteiger partial charge is 0.0406 e. The third-order valence-corrected chi connectivity index (χ3v) is 3.85. The minimum atomic E-state index is 0.655. The Morgan fingerprint density at radius 1 is 1.35 bits per heavy atom. The zero-order valence-electron chi connectivity index (χ0n) is 10.6. The summed E-state index contributed by atoms with van der Waals surface area (Å²) in [5.74, 6) is 0.785. The lowest BCUT2D eigenvalue weighted by Crippen LogP contribution is -2.32. The molecule has 0 aliphatic carbocycles. The van der Waals surface area contributed by atoms with Gasteiger partial charge in [0.1, 0.15) is 0 Å². The lowest BCUT2D eigenvalue weighted by molar-refractivity contribution is 0.259. The maximum Gasteiger partial charge on any atom is 0.0406 e. The molecule has 0 radical (unpaired) electrons. The Kier molecular flexibility index (Phi) is 4.43. The van der Waals surface area contributed by atoms with Gasteiger partial charge in [-0.1, -0.05) is 23.7 Å². The molecule has 0 amide bonds. The Labute approximate surface area is 109 Å². The third-order valence-electron chi connectivity index (χ3n) is 3.60. The van der Waals surface area contributed by atoms with Crippen molar-refractivity contribution in [2.24, 2.45) is 5.92 Å². The van der Waals surface area contributed by atoms with Gasteiger partial charge >= 0.3 is 0 Å². The second-order valence-electron chi connectivity index (χ2n) is 5.11. The normalized spacial score (nSPS) is 24.5. The summed E-state index contributed by atoms with van der Waals surface area (Å²) >= 11 is 5.88. The summed E-state index contributed by atoms with van der Waals surface area (Å²) in [5, 5.41) is 4.31. The van der Waals surface area contributed by atoms with E-state index < -0.39 is 0 Å². The molecule has 1 aliphatic rings. The van der Waals surface area contributed by atoms with Crippen molar-refractivity contribution in [3.05, 3.63) is 34.9 Å². The van der Waals surface area contributed by atoms with E-state index in [1.807, 2.05) is 12.1 Å². The average molecular weight is 253 g/mol. The van der Waals surface area contributed by atoms with Crippen LogP contribution in [0.3, 0.4) is 0 Å². The first-order valence-electron chi connectivity index (χ1n) is 6.31. The minimum Gasteiger partial charge on any atom is -0.314 e. The molecular weight excluding hydrogens is 232 g/mol. The van der Waals surface area contributed by atoms with E-state index in [0.29, 0.717) is 6.04 Å². The Morgan fingerprint density at radius 3 is 2.65 bits per heavy atom. The molecule has 0 aromatic heterocycles. The van der Waals surface area contributed by atoms with Crippen LogP contribution in [0.1, 0.15) is 18.9 Å². The van der Waals surface area contributed by atoms with Crippen molar-refractivity contribution in [3.63, 3.8) is 0 Å². The van der Waals surface area contributed by atoms with Gasteiger partial charge in [0.15, 0.2) is 0 Å². The van der Waals surface area contributed by atoms with Crippen LogP contribution < -0.4 is 5.32 Å². The number of benzene rings is 1. The van der Waals surface area contributed by atoms with Crippen LogP contribution in [0, 0.1) is 5.92 Å². The van der Waals surface area contributed by atoms with Crippen molar-refractivity contribution in [2.45, 2.75) is 25.9 Å². The van der Waals surface area contributed by atoms with Gasteiger partial charge in [0, 0.05) is 24.2 Å². The number of nitrogens with one attached hydrogen (secondary N) is 1. The van der Waals surface area contributed by atoms with Crippen molar-refractivity contribution in [2.75, 3.05) is 20.1 Å². The molecule has 2 nitrogen and oxygen atoms in total. The molecule has 1 aromatic rings. The largest absolute Gasteiger partial charge is 0.314 e. The highest BCUT2D eigenvalue weighted by Gasteiger charge is 2.23. The maximum atomic E-state index is 5.88. The van der Waals surface area contributed by atoms with E-state index in [9.17, 15) is 0 Å². The topological polar surface area (TPSA) is 15.3 Å². The molecule has 3 heteroatoms. The van der Waals surface area contributed by atoms with Gasteiger partial charge in [0.05, 0.1) is 0 Å². The maximum absolute atomic E-state index is 5.88. The minimum absolute atomic E-state index is 0.655. The van der Waals surface area contributed by atoms with E-state index in [2.05, 4.69) is 36.3 Å². The van der Waals surface area contributed by atoms with E-state index >= 15 is 0 Å². The zero-order chi connectivity index (χ0) is 12.3. The summed E-state index contributed by atoms with van der Waals surface area (Å²) in [4.78, 5) is 2.40. The van der Waals surface area contributed by atoms with E-state index in [4.69, 9.17) is 11.6 Å². The molecule has 0 saturated carbocycles. The molecule has 1 fully saturated rings. The fourth-order valence-electron chi connectivity index (χ4n) is 2.53. The van der Waals surface area contributed by atoms with Gasteiger partial charge in [-0.05, 0) is 50.6 Å². The summed E-state index contributed by atoms with van der Waals surface area (Å²) in [7, 11) is 2.19. The van der Waals surface area contributed by atoms with Gasteiger partial charge in [0.25, 0.3) is 0 Å². The predicted molar refractivity (Wildman–Crippen MR) is 73.4 cm³/mol. The van der Waals surface area contributed by atoms with Gasteiger partial charge in [-0.3, -0.25) is 0 Å². The molecule has 1 saturated heterocycles. The summed E-state index contributed by atoms with van der Waals surface area (Å²) in [6.07, 6.45) is 1.30. The standard InChI is InChI=1S/C14H21ClN2/c1-11-13(7-8-16-11)10-17(2)9-12-3-5-14(15)6-4-12/h3-6,11,13,16H,7-10H2,1-2H3. The van der Waals surface area contributed by atoms with Crippen molar-refractivity contribution in [1.29, 1.82) is 0 Å². The number of halogens is 1. The Bertz CT molecular complexity index is 350. The Balaban J connectivity index is 1.84. The van der Waals surface area contributed by atoms with Crippen molar-refractivity contribution in [1.82, 2.24) is 10.2 Å². The van der Waals surface area contributed by atoms with Gasteiger partial charge in [0.2, 0.25) is 0 Å². The fraction of sp³-hybridized carbons (Fsp3) is 0.571. The first-order valence-corrected chi connectivity index (χ1v) is 6.69. The van der Waals surface area contributed by atoms with E-state index in [0.717, 1.165) is 24.0 Å². The van der Waals surface area contributed by atoms with Crippen molar-refractivity contribution < 1.29 is 0 Å². The second-order valence-corrected chi connectivity index (χ2v) is 5.55. The number of hydrogen-bond donors (Lipinski definition) is 1. The summed E-state index contributed by atoms with van der Waals surface area (Å²) in [6, 6.07) is 8.79. The van der Waals surface area contributed by atoms with Gasteiger partial charge < -0.3 is 10.2 Å². The number of rotatable bonds is 4. The number of nitrogens with zero attached hydrogens (tertiary/aromatic N) is 1. The molecule has 1 N–H and O–H groups in total. The molecule has 0 spiro atoms. The molecule has 94 valence electrons. The van der Waals surface area contributed by atoms with Gasteiger partial charge in [-0.15, -0.1) is 0 Å². The zero-order valence-corrected chi connectivity index (χ0v) is 11.4.